The van der Waals surface area contributed by atoms with Crippen LogP contribution < -0.4 is 4.72 Å². The van der Waals surface area contributed by atoms with Gasteiger partial charge in [-0.05, 0) is 42.5 Å². The Morgan fingerprint density at radius 3 is 2.70 bits per heavy atom. The van der Waals surface area contributed by atoms with Crippen molar-refractivity contribution >= 4 is 27.3 Å². The minimum Gasteiger partial charge on any atom is -0.360 e. The third-order valence-corrected chi connectivity index (χ3v) is 4.98. The smallest absolute Gasteiger partial charge is 0.267 e. The van der Waals surface area contributed by atoms with E-state index >= 15 is 0 Å². The summed E-state index contributed by atoms with van der Waals surface area (Å²) in [6.07, 6.45) is 1.38. The molecule has 0 radical (unpaired) electrons. The molecule has 0 saturated carbocycles. The van der Waals surface area contributed by atoms with E-state index in [1.165, 1.54) is 24.0 Å². The van der Waals surface area contributed by atoms with Crippen LogP contribution >= 0.6 is 11.6 Å². The van der Waals surface area contributed by atoms with Crippen molar-refractivity contribution < 1.29 is 12.9 Å². The van der Waals surface area contributed by atoms with Crippen molar-refractivity contribution in [2.75, 3.05) is 4.72 Å². The van der Waals surface area contributed by atoms with Crippen molar-refractivity contribution in [2.24, 2.45) is 0 Å². The Kier molecular flexibility index (Phi) is 3.78. The number of nitrogens with zero attached hydrogens (tertiary/aromatic N) is 5. The number of rotatable bonds is 4. The number of hydrogen-bond donors (Lipinski definition) is 1. The molecule has 9 nitrogen and oxygen atoms in total. The molecule has 3 rings (SSSR count). The van der Waals surface area contributed by atoms with Crippen LogP contribution in [-0.2, 0) is 10.0 Å². The van der Waals surface area contributed by atoms with Gasteiger partial charge in [-0.1, -0.05) is 16.8 Å². The van der Waals surface area contributed by atoms with Crippen molar-refractivity contribution in [3.63, 3.8) is 0 Å². The van der Waals surface area contributed by atoms with E-state index in [2.05, 4.69) is 25.4 Å². The molecule has 0 spiro atoms. The Morgan fingerprint density at radius 1 is 1.30 bits per heavy atom. The highest BCUT2D eigenvalue weighted by Gasteiger charge is 2.25. The summed E-state index contributed by atoms with van der Waals surface area (Å²) in [7, 11) is -3.89. The van der Waals surface area contributed by atoms with Crippen LogP contribution in [0.5, 0.6) is 0 Å². The Hall–Kier alpha value is -2.46. The SMILES string of the molecule is Cc1noc(C)c1S(=O)(=O)Nc1cc(-n2cnnn2)ccc1Cl. The number of tetrazole rings is 1. The molecule has 0 atom stereocenters. The first-order valence-electron chi connectivity index (χ1n) is 6.37. The molecule has 0 fully saturated rings. The number of aryl methyl sites for hydroxylation is 2. The first-order valence-corrected chi connectivity index (χ1v) is 8.23. The largest absolute Gasteiger partial charge is 0.360 e. The molecule has 0 aliphatic heterocycles. The quantitative estimate of drug-likeness (QED) is 0.758. The van der Waals surface area contributed by atoms with E-state index in [9.17, 15) is 8.42 Å². The second-order valence-corrected chi connectivity index (χ2v) is 6.70. The van der Waals surface area contributed by atoms with Crippen molar-refractivity contribution in [1.29, 1.82) is 0 Å². The number of aromatic nitrogens is 5. The lowest BCUT2D eigenvalue weighted by molar-refractivity contribution is 0.390. The lowest BCUT2D eigenvalue weighted by Crippen LogP contribution is -2.15. The fourth-order valence-corrected chi connectivity index (χ4v) is 3.69. The van der Waals surface area contributed by atoms with Gasteiger partial charge in [0.15, 0.2) is 10.7 Å². The van der Waals surface area contributed by atoms with Gasteiger partial charge in [0.1, 0.15) is 12.0 Å². The maximum atomic E-state index is 12.5. The van der Waals surface area contributed by atoms with E-state index in [4.69, 9.17) is 16.1 Å². The molecule has 0 aliphatic rings. The lowest BCUT2D eigenvalue weighted by atomic mass is 10.3. The standard InChI is InChI=1S/C12H11ClN6O3S/c1-7-12(8(2)22-15-7)23(20,21)16-11-5-9(3-4-10(11)13)19-6-14-17-18-19/h3-6,16H,1-2H3. The molecule has 0 amide bonds. The Labute approximate surface area is 136 Å². The fraction of sp³-hybridized carbons (Fsp3) is 0.167. The van der Waals surface area contributed by atoms with E-state index in [1.807, 2.05) is 0 Å². The molecule has 1 N–H and O–H groups in total. The molecule has 2 heterocycles. The average molecular weight is 355 g/mol. The van der Waals surface area contributed by atoms with Crippen molar-refractivity contribution in [3.05, 3.63) is 41.0 Å². The van der Waals surface area contributed by atoms with Crippen LogP contribution in [0.2, 0.25) is 5.02 Å². The van der Waals surface area contributed by atoms with Gasteiger partial charge in [0, 0.05) is 0 Å². The number of sulfonamides is 1. The number of anilines is 1. The fourth-order valence-electron chi connectivity index (χ4n) is 2.07. The highest BCUT2D eigenvalue weighted by Crippen LogP contribution is 2.28. The normalized spacial score (nSPS) is 11.6. The minimum atomic E-state index is -3.89. The second-order valence-electron chi connectivity index (χ2n) is 4.68. The van der Waals surface area contributed by atoms with Crippen molar-refractivity contribution in [1.82, 2.24) is 25.4 Å². The molecule has 11 heteroatoms. The number of benzene rings is 1. The van der Waals surface area contributed by atoms with Gasteiger partial charge in [-0.2, -0.15) is 0 Å². The van der Waals surface area contributed by atoms with E-state index in [0.29, 0.717) is 5.69 Å². The maximum absolute atomic E-state index is 12.5. The molecule has 1 aromatic carbocycles. The third-order valence-electron chi connectivity index (χ3n) is 3.04. The van der Waals surface area contributed by atoms with Gasteiger partial charge in [-0.3, -0.25) is 4.72 Å². The summed E-state index contributed by atoms with van der Waals surface area (Å²) in [5.74, 6) is 0.197. The Morgan fingerprint density at radius 2 is 2.09 bits per heavy atom. The maximum Gasteiger partial charge on any atom is 0.267 e. The van der Waals surface area contributed by atoms with E-state index < -0.39 is 10.0 Å². The summed E-state index contributed by atoms with van der Waals surface area (Å²) in [6, 6.07) is 4.73. The van der Waals surface area contributed by atoms with Gasteiger partial charge < -0.3 is 4.52 Å². The first-order chi connectivity index (χ1) is 10.9. The first kappa shape index (κ1) is 15.4. The Balaban J connectivity index is 2.01. The Bertz CT molecular complexity index is 932. The van der Waals surface area contributed by atoms with Gasteiger partial charge in [0.25, 0.3) is 10.0 Å². The summed E-state index contributed by atoms with van der Waals surface area (Å²) in [5, 5.41) is 14.7. The zero-order chi connectivity index (χ0) is 16.6. The molecule has 120 valence electrons. The van der Waals surface area contributed by atoms with Crippen LogP contribution in [-0.4, -0.2) is 33.8 Å². The second kappa shape index (κ2) is 5.63. The average Bonchev–Trinajstić information content (AvgIpc) is 3.11. The van der Waals surface area contributed by atoms with Crippen LogP contribution in [0, 0.1) is 13.8 Å². The molecule has 0 saturated heterocycles. The molecular formula is C12H11ClN6O3S. The predicted octanol–water partition coefficient (Wildman–Crippen LogP) is 1.72. The minimum absolute atomic E-state index is 0.0126. The van der Waals surface area contributed by atoms with Crippen molar-refractivity contribution in [2.45, 2.75) is 18.7 Å². The molecule has 0 aliphatic carbocycles. The topological polar surface area (TPSA) is 116 Å². The monoisotopic (exact) mass is 354 g/mol. The highest BCUT2D eigenvalue weighted by atomic mass is 35.5. The summed E-state index contributed by atoms with van der Waals surface area (Å²) in [6.45, 7) is 3.07. The summed E-state index contributed by atoms with van der Waals surface area (Å²) in [4.78, 5) is -0.0126. The number of halogens is 1. The van der Waals surface area contributed by atoms with Crippen LogP contribution in [0.15, 0.2) is 33.9 Å². The van der Waals surface area contributed by atoms with Gasteiger partial charge in [-0.15, -0.1) is 5.10 Å². The molecular weight excluding hydrogens is 344 g/mol. The molecule has 2 aromatic heterocycles. The number of nitrogens with one attached hydrogen (secondary N) is 1. The highest BCUT2D eigenvalue weighted by molar-refractivity contribution is 7.92. The van der Waals surface area contributed by atoms with Gasteiger partial charge in [0.05, 0.1) is 16.4 Å². The third kappa shape index (κ3) is 2.90. The summed E-state index contributed by atoms with van der Waals surface area (Å²) >= 11 is 6.08. The molecule has 0 unspecified atom stereocenters. The predicted molar refractivity (Wildman–Crippen MR) is 80.9 cm³/mol. The van der Waals surface area contributed by atoms with Crippen LogP contribution in [0.25, 0.3) is 5.69 Å². The van der Waals surface area contributed by atoms with Gasteiger partial charge in [-0.25, -0.2) is 13.1 Å². The van der Waals surface area contributed by atoms with E-state index in [0.717, 1.165) is 0 Å². The van der Waals surface area contributed by atoms with Gasteiger partial charge in [0.2, 0.25) is 0 Å². The van der Waals surface area contributed by atoms with Crippen LogP contribution in [0.4, 0.5) is 5.69 Å². The lowest BCUT2D eigenvalue weighted by Gasteiger charge is -2.10. The molecule has 0 bridgehead atoms. The molecule has 23 heavy (non-hydrogen) atoms. The summed E-state index contributed by atoms with van der Waals surface area (Å²) in [5.41, 5.74) is 1.01. The summed E-state index contributed by atoms with van der Waals surface area (Å²) < 4.78 is 33.8. The van der Waals surface area contributed by atoms with E-state index in [1.54, 1.807) is 19.1 Å². The van der Waals surface area contributed by atoms with Crippen LogP contribution in [0.3, 0.4) is 0 Å². The van der Waals surface area contributed by atoms with E-state index in [-0.39, 0.29) is 27.1 Å². The zero-order valence-corrected chi connectivity index (χ0v) is 13.6. The zero-order valence-electron chi connectivity index (χ0n) is 12.1. The van der Waals surface area contributed by atoms with Crippen LogP contribution in [0.1, 0.15) is 11.5 Å². The van der Waals surface area contributed by atoms with Gasteiger partial charge >= 0.3 is 0 Å². The van der Waals surface area contributed by atoms with Crippen molar-refractivity contribution in [3.8, 4) is 5.69 Å². The number of hydrogen-bond acceptors (Lipinski definition) is 7. The molecule has 3 aromatic rings.